The molecule has 0 aromatic carbocycles. The molecule has 4 heterocycles. The maximum absolute atomic E-state index is 14.5. The second-order valence-corrected chi connectivity index (χ2v) is 18.9. The van der Waals surface area contributed by atoms with E-state index in [2.05, 4.69) is 11.8 Å². The standard InChI is InChI=1S/C43H80N2O13/c1-16-30-43(11,50)38-25(5)33(45(14)31(56-38)18-19-52-17-2)23(3)21-41(9,49)37(58-40-34(46)29(44(12)13)20-24(4)53-40)26(6)35(27(7)39(48)55-30)57-32-22-42(10,51-15)36(47)28(8)54-32/h23-38,40,46-47,49-50H,16-22H2,1-15H3/t23-,24-,25+,26+,27-,28+,29+,30-,31+,32+,33+,34-,35+,36+,37-,38-,40+,41-,42-,43-/m1/s1. The number of carbonyl (C=O) groups is 1. The zero-order chi connectivity index (χ0) is 43.7. The van der Waals surface area contributed by atoms with Crippen molar-refractivity contribution in [2.75, 3.05) is 41.5 Å². The smallest absolute Gasteiger partial charge is 0.311 e. The van der Waals surface area contributed by atoms with E-state index >= 15 is 0 Å². The van der Waals surface area contributed by atoms with Gasteiger partial charge >= 0.3 is 5.97 Å². The average Bonchev–Trinajstić information content (AvgIpc) is 3.14. The fourth-order valence-corrected chi connectivity index (χ4v) is 10.7. The molecule has 4 fully saturated rings. The number of fused-ring (bicyclic) bond motifs is 2. The predicted octanol–water partition coefficient (Wildman–Crippen LogP) is 3.31. The molecule has 340 valence electrons. The molecule has 0 aliphatic carbocycles. The monoisotopic (exact) mass is 833 g/mol. The normalized spacial score (nSPS) is 49.0. The number of methoxy groups -OCH3 is 1. The maximum atomic E-state index is 14.5. The summed E-state index contributed by atoms with van der Waals surface area (Å²) in [6.07, 6.45) is -7.29. The first-order chi connectivity index (χ1) is 26.9. The summed E-state index contributed by atoms with van der Waals surface area (Å²) in [4.78, 5) is 18.7. The van der Waals surface area contributed by atoms with Crippen LogP contribution in [0.2, 0.25) is 0 Å². The van der Waals surface area contributed by atoms with Crippen molar-refractivity contribution in [1.82, 2.24) is 9.80 Å². The number of ether oxygens (including phenoxy) is 8. The van der Waals surface area contributed by atoms with E-state index in [1.165, 1.54) is 7.11 Å². The number of hydrogen-bond donors (Lipinski definition) is 4. The highest BCUT2D eigenvalue weighted by atomic mass is 16.7. The molecular formula is C43H80N2O13. The molecule has 4 rings (SSSR count). The van der Waals surface area contributed by atoms with Crippen LogP contribution < -0.4 is 0 Å². The minimum absolute atomic E-state index is 0.146. The Morgan fingerprint density at radius 2 is 1.59 bits per heavy atom. The van der Waals surface area contributed by atoms with Crippen molar-refractivity contribution >= 4 is 5.97 Å². The molecule has 0 unspecified atom stereocenters. The van der Waals surface area contributed by atoms with Gasteiger partial charge in [-0.2, -0.15) is 0 Å². The van der Waals surface area contributed by atoms with E-state index in [4.69, 9.17) is 37.9 Å². The van der Waals surface area contributed by atoms with Crippen molar-refractivity contribution in [2.45, 2.75) is 205 Å². The van der Waals surface area contributed by atoms with Crippen molar-refractivity contribution in [3.8, 4) is 0 Å². The second kappa shape index (κ2) is 20.0. The van der Waals surface area contributed by atoms with Gasteiger partial charge in [0.05, 0.1) is 54.2 Å². The summed E-state index contributed by atoms with van der Waals surface area (Å²) in [5.41, 5.74) is -4.20. The van der Waals surface area contributed by atoms with Gasteiger partial charge in [0, 0.05) is 50.5 Å². The lowest BCUT2D eigenvalue weighted by atomic mass is 9.71. The zero-order valence-corrected chi connectivity index (χ0v) is 38.1. The Labute approximate surface area is 348 Å². The van der Waals surface area contributed by atoms with E-state index in [1.54, 1.807) is 34.6 Å². The molecule has 0 amide bonds. The molecule has 4 aliphatic heterocycles. The van der Waals surface area contributed by atoms with E-state index in [1.807, 2.05) is 60.7 Å². The first-order valence-corrected chi connectivity index (χ1v) is 21.7. The molecule has 4 aliphatic rings. The molecule has 0 aromatic rings. The fraction of sp³-hybridized carbons (Fsp3) is 0.977. The number of hydrogen-bond acceptors (Lipinski definition) is 15. The van der Waals surface area contributed by atoms with Gasteiger partial charge in [0.15, 0.2) is 12.6 Å². The van der Waals surface area contributed by atoms with Gasteiger partial charge in [-0.05, 0) is 94.8 Å². The van der Waals surface area contributed by atoms with Gasteiger partial charge in [-0.15, -0.1) is 0 Å². The van der Waals surface area contributed by atoms with Crippen LogP contribution >= 0.6 is 0 Å². The van der Waals surface area contributed by atoms with Gasteiger partial charge in [-0.1, -0.05) is 27.7 Å². The third-order valence-electron chi connectivity index (χ3n) is 13.9. The Bertz CT molecular complexity index is 1310. The van der Waals surface area contributed by atoms with Crippen molar-refractivity contribution in [3.63, 3.8) is 0 Å². The lowest BCUT2D eigenvalue weighted by molar-refractivity contribution is -0.319. The minimum Gasteiger partial charge on any atom is -0.459 e. The number of carbonyl (C=O) groups excluding carboxylic acids is 1. The lowest BCUT2D eigenvalue weighted by Gasteiger charge is -2.55. The first kappa shape index (κ1) is 49.6. The van der Waals surface area contributed by atoms with E-state index in [9.17, 15) is 25.2 Å². The molecule has 2 bridgehead atoms. The maximum Gasteiger partial charge on any atom is 0.311 e. The largest absolute Gasteiger partial charge is 0.459 e. The SMILES string of the molecule is CCOCC[C@@H]1O[C@@H]2[C@@H](C)[C@H]([C@H](C)C[C@@](C)(O)[C@H](O[C@@H]3O[C@H](C)C[C@H](N(C)C)[C@H]3O)[C@@H](C)[C@H](O[C@H]3C[C@@](C)(OC)[C@@H](O)[C@H](C)O3)[C@@H](C)C(=O)O[C@H](CC)[C@@]2(C)O)N1C. The quantitative estimate of drug-likeness (QED) is 0.176. The van der Waals surface area contributed by atoms with Crippen molar-refractivity contribution in [1.29, 1.82) is 0 Å². The van der Waals surface area contributed by atoms with Crippen LogP contribution in [-0.2, 0) is 42.7 Å². The summed E-state index contributed by atoms with van der Waals surface area (Å²) >= 11 is 0. The highest BCUT2D eigenvalue weighted by molar-refractivity contribution is 5.73. The molecule has 20 atom stereocenters. The number of rotatable bonds is 11. The molecule has 58 heavy (non-hydrogen) atoms. The molecule has 4 N–H and O–H groups in total. The van der Waals surface area contributed by atoms with Crippen LogP contribution in [0.4, 0.5) is 0 Å². The summed E-state index contributed by atoms with van der Waals surface area (Å²) in [5, 5.41) is 48.2. The van der Waals surface area contributed by atoms with Gasteiger partial charge < -0.3 is 63.2 Å². The Hall–Kier alpha value is -1.05. The van der Waals surface area contributed by atoms with Crippen molar-refractivity contribution in [2.24, 2.45) is 23.7 Å². The lowest BCUT2D eigenvalue weighted by Crippen LogP contribution is -2.67. The van der Waals surface area contributed by atoms with Crippen LogP contribution in [0.25, 0.3) is 0 Å². The van der Waals surface area contributed by atoms with Gasteiger partial charge in [-0.25, -0.2) is 0 Å². The van der Waals surface area contributed by atoms with Crippen LogP contribution in [0.1, 0.15) is 108 Å². The summed E-state index contributed by atoms with van der Waals surface area (Å²) in [5.74, 6) is -2.79. The molecule has 0 radical (unpaired) electrons. The van der Waals surface area contributed by atoms with Crippen LogP contribution in [0, 0.1) is 23.7 Å². The first-order valence-electron chi connectivity index (χ1n) is 21.7. The Kier molecular flexibility index (Phi) is 17.1. The number of likely N-dealkylation sites (N-methyl/N-ethyl adjacent to an activating group) is 1. The Morgan fingerprint density at radius 1 is 0.931 bits per heavy atom. The van der Waals surface area contributed by atoms with Crippen LogP contribution in [0.15, 0.2) is 0 Å². The third kappa shape index (κ3) is 10.6. The third-order valence-corrected chi connectivity index (χ3v) is 13.9. The van der Waals surface area contributed by atoms with Crippen LogP contribution in [0.3, 0.4) is 0 Å². The molecule has 0 spiro atoms. The van der Waals surface area contributed by atoms with Gasteiger partial charge in [0.2, 0.25) is 0 Å². The zero-order valence-electron chi connectivity index (χ0n) is 38.1. The van der Waals surface area contributed by atoms with E-state index in [0.717, 1.165) is 0 Å². The number of cyclic esters (lactones) is 1. The second-order valence-electron chi connectivity index (χ2n) is 18.9. The van der Waals surface area contributed by atoms with Gasteiger partial charge in [0.25, 0.3) is 0 Å². The summed E-state index contributed by atoms with van der Waals surface area (Å²) in [6, 6.07) is -0.477. The Balaban J connectivity index is 1.87. The Morgan fingerprint density at radius 3 is 2.17 bits per heavy atom. The number of nitrogens with zero attached hydrogens (tertiary/aromatic N) is 2. The molecule has 15 heteroatoms. The van der Waals surface area contributed by atoms with Crippen LogP contribution in [0.5, 0.6) is 0 Å². The summed E-state index contributed by atoms with van der Waals surface area (Å²) in [6.45, 7) is 21.4. The number of esters is 1. The van der Waals surface area contributed by atoms with Gasteiger partial charge in [-0.3, -0.25) is 9.69 Å². The topological polar surface area (TPSA) is 178 Å². The van der Waals surface area contributed by atoms with Crippen molar-refractivity contribution in [3.05, 3.63) is 0 Å². The van der Waals surface area contributed by atoms with Crippen molar-refractivity contribution < 1.29 is 63.1 Å². The van der Waals surface area contributed by atoms with E-state index < -0.39 is 96.1 Å². The summed E-state index contributed by atoms with van der Waals surface area (Å²) < 4.78 is 50.8. The highest BCUT2D eigenvalue weighted by Gasteiger charge is 2.56. The van der Waals surface area contributed by atoms with Crippen LogP contribution in [-0.4, -0.2) is 174 Å². The molecule has 0 saturated carbocycles. The fourth-order valence-electron chi connectivity index (χ4n) is 10.7. The predicted molar refractivity (Wildman–Crippen MR) is 217 cm³/mol. The molecular weight excluding hydrogens is 752 g/mol. The van der Waals surface area contributed by atoms with E-state index in [0.29, 0.717) is 32.5 Å². The highest BCUT2D eigenvalue weighted by Crippen LogP contribution is 2.44. The number of aliphatic hydroxyl groups is 4. The average molecular weight is 833 g/mol. The van der Waals surface area contributed by atoms with Gasteiger partial charge in [0.1, 0.15) is 30.1 Å². The minimum atomic E-state index is -1.60. The molecule has 0 aromatic heterocycles. The van der Waals surface area contributed by atoms with E-state index in [-0.39, 0.29) is 42.9 Å². The molecule has 4 saturated heterocycles. The number of aliphatic hydroxyl groups excluding tert-OH is 2. The molecule has 15 nitrogen and oxygen atoms in total. The summed E-state index contributed by atoms with van der Waals surface area (Å²) in [7, 11) is 7.33.